The molecule has 9 heteroatoms. The first-order valence-electron chi connectivity index (χ1n) is 7.04. The number of rotatable bonds is 3. The highest BCUT2D eigenvalue weighted by molar-refractivity contribution is 7.99. The first-order chi connectivity index (χ1) is 11.7. The zero-order valence-electron chi connectivity index (χ0n) is 12.2. The average molecular weight is 338 g/mol. The number of pyridine rings is 1. The van der Waals surface area contributed by atoms with E-state index in [9.17, 15) is 10.1 Å². The SMILES string of the molecule is O=[N+]([O-])c1cccc(C2=Nn3c(nnc3-c3ccccn3)SC2)c1. The fourth-order valence-electron chi connectivity index (χ4n) is 2.32. The summed E-state index contributed by atoms with van der Waals surface area (Å²) in [5.74, 6) is 1.11. The summed E-state index contributed by atoms with van der Waals surface area (Å²) in [6.07, 6.45) is 1.68. The minimum Gasteiger partial charge on any atom is -0.258 e. The molecule has 0 saturated heterocycles. The number of hydrogen-bond acceptors (Lipinski definition) is 7. The Morgan fingerprint density at radius 2 is 2.08 bits per heavy atom. The molecule has 0 unspecified atom stereocenters. The van der Waals surface area contributed by atoms with E-state index in [-0.39, 0.29) is 5.69 Å². The third kappa shape index (κ3) is 2.54. The number of non-ortho nitro benzene ring substituents is 1. The number of nitro benzene ring substituents is 1. The zero-order chi connectivity index (χ0) is 16.5. The lowest BCUT2D eigenvalue weighted by Crippen LogP contribution is -2.14. The summed E-state index contributed by atoms with van der Waals surface area (Å²) in [7, 11) is 0. The first-order valence-corrected chi connectivity index (χ1v) is 8.03. The van der Waals surface area contributed by atoms with Crippen molar-refractivity contribution in [3.05, 3.63) is 64.3 Å². The van der Waals surface area contributed by atoms with Gasteiger partial charge in [0.05, 0.1) is 10.6 Å². The molecule has 0 atom stereocenters. The number of fused-ring (bicyclic) bond motifs is 1. The van der Waals surface area contributed by atoms with Gasteiger partial charge in [0.15, 0.2) is 0 Å². The summed E-state index contributed by atoms with van der Waals surface area (Å²) in [5.41, 5.74) is 2.15. The Morgan fingerprint density at radius 3 is 2.88 bits per heavy atom. The van der Waals surface area contributed by atoms with Crippen LogP contribution in [0.5, 0.6) is 0 Å². The highest BCUT2D eigenvalue weighted by Crippen LogP contribution is 2.28. The average Bonchev–Trinajstić information content (AvgIpc) is 3.05. The van der Waals surface area contributed by atoms with Crippen LogP contribution in [0.2, 0.25) is 0 Å². The van der Waals surface area contributed by atoms with Crippen molar-refractivity contribution in [1.82, 2.24) is 19.9 Å². The van der Waals surface area contributed by atoms with Gasteiger partial charge in [-0.1, -0.05) is 30.0 Å². The van der Waals surface area contributed by atoms with E-state index in [1.165, 1.54) is 23.9 Å². The molecular weight excluding hydrogens is 328 g/mol. The van der Waals surface area contributed by atoms with Gasteiger partial charge in [0.25, 0.3) is 5.69 Å². The minimum absolute atomic E-state index is 0.0414. The molecule has 8 nitrogen and oxygen atoms in total. The fourth-order valence-corrected chi connectivity index (χ4v) is 3.16. The van der Waals surface area contributed by atoms with Crippen molar-refractivity contribution in [1.29, 1.82) is 0 Å². The van der Waals surface area contributed by atoms with Crippen LogP contribution in [0.15, 0.2) is 58.9 Å². The van der Waals surface area contributed by atoms with Crippen LogP contribution in [0.25, 0.3) is 11.5 Å². The van der Waals surface area contributed by atoms with Crippen molar-refractivity contribution in [2.45, 2.75) is 5.16 Å². The monoisotopic (exact) mass is 338 g/mol. The van der Waals surface area contributed by atoms with Gasteiger partial charge in [-0.15, -0.1) is 10.2 Å². The molecule has 0 radical (unpaired) electrons. The number of benzene rings is 1. The minimum atomic E-state index is -0.413. The van der Waals surface area contributed by atoms with Crippen LogP contribution in [0.3, 0.4) is 0 Å². The van der Waals surface area contributed by atoms with Gasteiger partial charge < -0.3 is 0 Å². The summed E-state index contributed by atoms with van der Waals surface area (Å²) in [4.78, 5) is 14.8. The lowest BCUT2D eigenvalue weighted by atomic mass is 10.1. The largest absolute Gasteiger partial charge is 0.270 e. The van der Waals surface area contributed by atoms with Crippen molar-refractivity contribution in [3.8, 4) is 11.5 Å². The van der Waals surface area contributed by atoms with Gasteiger partial charge in [-0.05, 0) is 12.1 Å². The predicted octanol–water partition coefficient (Wildman–Crippen LogP) is 2.61. The lowest BCUT2D eigenvalue weighted by molar-refractivity contribution is -0.384. The van der Waals surface area contributed by atoms with Crippen LogP contribution in [0.1, 0.15) is 5.56 Å². The highest BCUT2D eigenvalue weighted by Gasteiger charge is 2.22. The molecule has 1 aliphatic heterocycles. The second kappa shape index (κ2) is 5.85. The third-order valence-electron chi connectivity index (χ3n) is 3.45. The molecule has 0 fully saturated rings. The van der Waals surface area contributed by atoms with Crippen molar-refractivity contribution < 1.29 is 4.92 Å². The van der Waals surface area contributed by atoms with Crippen LogP contribution >= 0.6 is 11.8 Å². The van der Waals surface area contributed by atoms with Crippen LogP contribution in [0.4, 0.5) is 5.69 Å². The molecule has 0 aliphatic carbocycles. The summed E-state index contributed by atoms with van der Waals surface area (Å²) in [5, 5.41) is 24.5. The molecule has 0 amide bonds. The number of nitrogens with zero attached hydrogens (tertiary/aromatic N) is 6. The van der Waals surface area contributed by atoms with E-state index in [1.807, 2.05) is 24.3 Å². The summed E-state index contributed by atoms with van der Waals surface area (Å²) in [6, 6.07) is 12.0. The van der Waals surface area contributed by atoms with Gasteiger partial charge in [0.2, 0.25) is 11.0 Å². The molecule has 3 aromatic rings. The second-order valence-electron chi connectivity index (χ2n) is 4.98. The fraction of sp³-hybridized carbons (Fsp3) is 0.0667. The van der Waals surface area contributed by atoms with Crippen LogP contribution in [0, 0.1) is 10.1 Å². The van der Waals surface area contributed by atoms with Crippen molar-refractivity contribution >= 4 is 23.2 Å². The Balaban J connectivity index is 1.78. The lowest BCUT2D eigenvalue weighted by Gasteiger charge is -2.13. The van der Waals surface area contributed by atoms with Gasteiger partial charge in [-0.3, -0.25) is 15.1 Å². The number of thioether (sulfide) groups is 1. The normalized spacial score (nSPS) is 13.2. The van der Waals surface area contributed by atoms with E-state index in [2.05, 4.69) is 20.3 Å². The smallest absolute Gasteiger partial charge is 0.258 e. The third-order valence-corrected chi connectivity index (χ3v) is 4.39. The molecular formula is C15H10N6O2S. The number of nitro groups is 1. The summed E-state index contributed by atoms with van der Waals surface area (Å²) >= 11 is 1.48. The van der Waals surface area contributed by atoms with Crippen LogP contribution in [-0.2, 0) is 0 Å². The molecule has 1 aromatic carbocycles. The number of aromatic nitrogens is 4. The number of hydrogen-bond donors (Lipinski definition) is 0. The Labute approximate surface area is 140 Å². The van der Waals surface area contributed by atoms with Crippen LogP contribution < -0.4 is 0 Å². The molecule has 4 rings (SSSR count). The van der Waals surface area contributed by atoms with E-state index >= 15 is 0 Å². The summed E-state index contributed by atoms with van der Waals surface area (Å²) in [6.45, 7) is 0. The van der Waals surface area contributed by atoms with Gasteiger partial charge >= 0.3 is 0 Å². The molecule has 24 heavy (non-hydrogen) atoms. The first kappa shape index (κ1) is 14.5. The van der Waals surface area contributed by atoms with Gasteiger partial charge in [-0.25, -0.2) is 0 Å². The molecule has 0 bridgehead atoms. The van der Waals surface area contributed by atoms with Crippen LogP contribution in [-0.4, -0.2) is 36.2 Å². The molecule has 0 saturated carbocycles. The Hall–Kier alpha value is -3.07. The van der Waals surface area contributed by atoms with Crippen molar-refractivity contribution in [2.24, 2.45) is 5.10 Å². The molecule has 0 N–H and O–H groups in total. The predicted molar refractivity (Wildman–Crippen MR) is 89.0 cm³/mol. The highest BCUT2D eigenvalue weighted by atomic mass is 32.2. The molecule has 118 valence electrons. The Bertz CT molecular complexity index is 954. The maximum absolute atomic E-state index is 11.0. The maximum Gasteiger partial charge on any atom is 0.270 e. The van der Waals surface area contributed by atoms with Crippen molar-refractivity contribution in [2.75, 3.05) is 5.75 Å². The van der Waals surface area contributed by atoms with Gasteiger partial charge in [0, 0.05) is 29.6 Å². The van der Waals surface area contributed by atoms with E-state index in [0.29, 0.717) is 28.0 Å². The van der Waals surface area contributed by atoms with E-state index in [1.54, 1.807) is 16.9 Å². The summed E-state index contributed by atoms with van der Waals surface area (Å²) < 4.78 is 1.63. The van der Waals surface area contributed by atoms with Gasteiger partial charge in [0.1, 0.15) is 5.69 Å². The van der Waals surface area contributed by atoms with E-state index in [4.69, 9.17) is 0 Å². The molecule has 2 aromatic heterocycles. The Morgan fingerprint density at radius 1 is 1.17 bits per heavy atom. The zero-order valence-corrected chi connectivity index (χ0v) is 13.1. The topological polar surface area (TPSA) is 99.1 Å². The quantitative estimate of drug-likeness (QED) is 0.537. The van der Waals surface area contributed by atoms with Crippen molar-refractivity contribution in [3.63, 3.8) is 0 Å². The standard InChI is InChI=1S/C15H10N6O2S/c22-21(23)11-5-3-4-10(8-11)13-9-24-15-18-17-14(20(15)19-13)12-6-1-2-7-16-12/h1-8H,9H2. The maximum atomic E-state index is 11.0. The molecule has 1 aliphatic rings. The second-order valence-corrected chi connectivity index (χ2v) is 5.92. The van der Waals surface area contributed by atoms with Gasteiger partial charge in [-0.2, -0.15) is 9.78 Å². The Kier molecular flexibility index (Phi) is 3.54. The molecule has 0 spiro atoms. The van der Waals surface area contributed by atoms with E-state index in [0.717, 1.165) is 5.71 Å². The van der Waals surface area contributed by atoms with E-state index < -0.39 is 4.92 Å². The molecule has 3 heterocycles.